The van der Waals surface area contributed by atoms with Crippen LogP contribution in [0.25, 0.3) is 0 Å². The molecule has 0 fully saturated rings. The Balaban J connectivity index is 1.84. The van der Waals surface area contributed by atoms with Crippen LogP contribution in [0.1, 0.15) is 52.6 Å². The summed E-state index contributed by atoms with van der Waals surface area (Å²) < 4.78 is 0. The van der Waals surface area contributed by atoms with Gasteiger partial charge in [-0.2, -0.15) is 0 Å². The number of benzene rings is 3. The fraction of sp³-hybridized carbons (Fsp3) is 0. The van der Waals surface area contributed by atoms with Crippen molar-refractivity contribution in [2.75, 3.05) is 10.6 Å². The molecule has 3 aromatic rings. The van der Waals surface area contributed by atoms with Crippen molar-refractivity contribution in [3.63, 3.8) is 0 Å². The standard InChI is InChI=1S/C26H16N2O6/c1-3-15-9-11-20(25(31)32)21(12-15)24(30)28-18-7-5-6-17(14-18)27-23(29)19-10-8-16(4-2)13-22(19)26(33)34/h1-2,5-14H,(H,27,29)(H,28,30)(H,31,32)(H,33,34). The lowest BCUT2D eigenvalue weighted by Gasteiger charge is -2.11. The van der Waals surface area contributed by atoms with E-state index in [2.05, 4.69) is 22.5 Å². The lowest BCUT2D eigenvalue weighted by molar-refractivity contribution is 0.0683. The summed E-state index contributed by atoms with van der Waals surface area (Å²) in [5.74, 6) is 0.645. The van der Waals surface area contributed by atoms with Crippen molar-refractivity contribution in [1.82, 2.24) is 0 Å². The molecule has 0 aliphatic carbocycles. The van der Waals surface area contributed by atoms with Gasteiger partial charge in [0, 0.05) is 22.5 Å². The molecule has 0 bridgehead atoms. The highest BCUT2D eigenvalue weighted by Gasteiger charge is 2.19. The van der Waals surface area contributed by atoms with Crippen molar-refractivity contribution in [2.45, 2.75) is 0 Å². The third-order valence-corrected chi connectivity index (χ3v) is 4.70. The molecule has 0 heterocycles. The SMILES string of the molecule is C#Cc1ccc(C(=O)Nc2cccc(NC(=O)c3cc(C#C)ccc3C(=O)O)c2)c(C(=O)O)c1. The van der Waals surface area contributed by atoms with Gasteiger partial charge in [-0.15, -0.1) is 12.8 Å². The summed E-state index contributed by atoms with van der Waals surface area (Å²) >= 11 is 0. The minimum absolute atomic E-state index is 0.0989. The number of nitrogens with one attached hydrogen (secondary N) is 2. The van der Waals surface area contributed by atoms with Gasteiger partial charge in [0.1, 0.15) is 0 Å². The maximum absolute atomic E-state index is 12.7. The van der Waals surface area contributed by atoms with Crippen LogP contribution in [-0.2, 0) is 0 Å². The van der Waals surface area contributed by atoms with Gasteiger partial charge >= 0.3 is 11.9 Å². The number of aromatic carboxylic acids is 2. The van der Waals surface area contributed by atoms with Gasteiger partial charge in [0.25, 0.3) is 11.8 Å². The minimum atomic E-state index is -1.31. The highest BCUT2D eigenvalue weighted by Crippen LogP contribution is 2.20. The van der Waals surface area contributed by atoms with E-state index in [1.165, 1.54) is 54.6 Å². The summed E-state index contributed by atoms with van der Waals surface area (Å²) in [6.07, 6.45) is 10.6. The highest BCUT2D eigenvalue weighted by molar-refractivity contribution is 6.12. The lowest BCUT2D eigenvalue weighted by atomic mass is 10.0. The van der Waals surface area contributed by atoms with E-state index in [9.17, 15) is 29.4 Å². The second-order valence-electron chi connectivity index (χ2n) is 6.91. The Bertz CT molecular complexity index is 1430. The van der Waals surface area contributed by atoms with E-state index >= 15 is 0 Å². The Morgan fingerprint density at radius 2 is 1.09 bits per heavy atom. The largest absolute Gasteiger partial charge is 0.478 e. The van der Waals surface area contributed by atoms with Gasteiger partial charge in [0.05, 0.1) is 22.3 Å². The Morgan fingerprint density at radius 1 is 0.618 bits per heavy atom. The molecule has 4 N–H and O–H groups in total. The third-order valence-electron chi connectivity index (χ3n) is 4.70. The van der Waals surface area contributed by atoms with Gasteiger partial charge < -0.3 is 20.8 Å². The molecule has 8 heteroatoms. The molecule has 166 valence electrons. The molecule has 0 saturated heterocycles. The van der Waals surface area contributed by atoms with Crippen LogP contribution in [0, 0.1) is 24.7 Å². The quantitative estimate of drug-likeness (QED) is 0.423. The van der Waals surface area contributed by atoms with Crippen LogP contribution in [0.2, 0.25) is 0 Å². The second kappa shape index (κ2) is 9.86. The zero-order chi connectivity index (χ0) is 24.8. The third kappa shape index (κ3) is 5.10. The average molecular weight is 452 g/mol. The van der Waals surface area contributed by atoms with Crippen molar-refractivity contribution < 1.29 is 29.4 Å². The maximum atomic E-state index is 12.7. The summed E-state index contributed by atoms with van der Waals surface area (Å²) in [6.45, 7) is 0. The van der Waals surface area contributed by atoms with E-state index in [0.29, 0.717) is 11.1 Å². The molecule has 2 amide bonds. The molecule has 3 aromatic carbocycles. The minimum Gasteiger partial charge on any atom is -0.478 e. The van der Waals surface area contributed by atoms with Crippen molar-refractivity contribution in [2.24, 2.45) is 0 Å². The lowest BCUT2D eigenvalue weighted by Crippen LogP contribution is -2.18. The van der Waals surface area contributed by atoms with E-state index in [1.807, 2.05) is 0 Å². The Kier molecular flexibility index (Phi) is 6.76. The van der Waals surface area contributed by atoms with Crippen molar-refractivity contribution in [3.05, 3.63) is 94.0 Å². The number of carboxylic acids is 2. The fourth-order valence-corrected chi connectivity index (χ4v) is 3.09. The van der Waals surface area contributed by atoms with Gasteiger partial charge in [0.2, 0.25) is 0 Å². The van der Waals surface area contributed by atoms with E-state index in [4.69, 9.17) is 12.8 Å². The van der Waals surface area contributed by atoms with Crippen molar-refractivity contribution in [3.8, 4) is 24.7 Å². The van der Waals surface area contributed by atoms with Crippen LogP contribution in [-0.4, -0.2) is 34.0 Å². The molecular weight excluding hydrogens is 436 g/mol. The summed E-state index contributed by atoms with van der Waals surface area (Å²) in [5, 5.41) is 23.9. The Morgan fingerprint density at radius 3 is 1.59 bits per heavy atom. The van der Waals surface area contributed by atoms with Crippen LogP contribution in [0.15, 0.2) is 60.7 Å². The van der Waals surface area contributed by atoms with Gasteiger partial charge in [-0.1, -0.05) is 17.9 Å². The summed E-state index contributed by atoms with van der Waals surface area (Å²) in [6, 6.07) is 14.0. The molecule has 8 nitrogen and oxygen atoms in total. The number of carboxylic acid groups (broad SMARTS) is 2. The molecule has 0 unspecified atom stereocenters. The van der Waals surface area contributed by atoms with E-state index in [0.717, 1.165) is 0 Å². The zero-order valence-electron chi connectivity index (χ0n) is 17.5. The maximum Gasteiger partial charge on any atom is 0.336 e. The van der Waals surface area contributed by atoms with E-state index < -0.39 is 23.8 Å². The Hall–Kier alpha value is -5.34. The fourth-order valence-electron chi connectivity index (χ4n) is 3.09. The van der Waals surface area contributed by atoms with Crippen molar-refractivity contribution >= 4 is 35.1 Å². The number of hydrogen-bond acceptors (Lipinski definition) is 4. The molecule has 0 aliphatic rings. The van der Waals surface area contributed by atoms with E-state index in [-0.39, 0.29) is 33.6 Å². The smallest absolute Gasteiger partial charge is 0.336 e. The summed E-state index contributed by atoms with van der Waals surface area (Å²) in [7, 11) is 0. The van der Waals surface area contributed by atoms with Crippen LogP contribution < -0.4 is 10.6 Å². The molecule has 0 aromatic heterocycles. The zero-order valence-corrected chi connectivity index (χ0v) is 17.5. The topological polar surface area (TPSA) is 133 Å². The van der Waals surface area contributed by atoms with Crippen LogP contribution >= 0.6 is 0 Å². The molecule has 0 spiro atoms. The normalized spacial score (nSPS) is 9.82. The summed E-state index contributed by atoms with van der Waals surface area (Å²) in [4.78, 5) is 48.4. The molecular formula is C26H16N2O6. The number of terminal acetylenes is 2. The molecule has 0 saturated carbocycles. The first-order valence-corrected chi connectivity index (χ1v) is 9.64. The monoisotopic (exact) mass is 452 g/mol. The second-order valence-corrected chi connectivity index (χ2v) is 6.91. The van der Waals surface area contributed by atoms with Crippen LogP contribution in [0.4, 0.5) is 11.4 Å². The van der Waals surface area contributed by atoms with E-state index in [1.54, 1.807) is 6.07 Å². The van der Waals surface area contributed by atoms with Gasteiger partial charge in [-0.3, -0.25) is 9.59 Å². The number of carbonyl (C=O) groups is 4. The van der Waals surface area contributed by atoms with Gasteiger partial charge in [-0.05, 0) is 54.6 Å². The number of hydrogen-bond donors (Lipinski definition) is 4. The highest BCUT2D eigenvalue weighted by atomic mass is 16.4. The van der Waals surface area contributed by atoms with Crippen molar-refractivity contribution in [1.29, 1.82) is 0 Å². The van der Waals surface area contributed by atoms with Crippen LogP contribution in [0.5, 0.6) is 0 Å². The van der Waals surface area contributed by atoms with Gasteiger partial charge in [0.15, 0.2) is 0 Å². The Labute approximate surface area is 194 Å². The molecule has 0 atom stereocenters. The average Bonchev–Trinajstić information content (AvgIpc) is 2.83. The first-order chi connectivity index (χ1) is 16.2. The molecule has 0 aliphatic heterocycles. The number of amides is 2. The molecule has 34 heavy (non-hydrogen) atoms. The molecule has 0 radical (unpaired) electrons. The number of anilines is 2. The molecule has 3 rings (SSSR count). The number of carbonyl (C=O) groups excluding carboxylic acids is 2. The predicted octanol–water partition coefficient (Wildman–Crippen LogP) is 3.55. The predicted molar refractivity (Wildman–Crippen MR) is 125 cm³/mol. The first kappa shape index (κ1) is 23.3. The first-order valence-electron chi connectivity index (χ1n) is 9.64. The number of rotatable bonds is 6. The van der Waals surface area contributed by atoms with Crippen LogP contribution in [0.3, 0.4) is 0 Å². The van der Waals surface area contributed by atoms with Gasteiger partial charge in [-0.25, -0.2) is 9.59 Å². The summed E-state index contributed by atoms with van der Waals surface area (Å²) in [5.41, 5.74) is 0.455.